The van der Waals surface area contributed by atoms with Gasteiger partial charge in [0.25, 0.3) is 10.0 Å². The molecule has 7 nitrogen and oxygen atoms in total. The highest BCUT2D eigenvalue weighted by atomic mass is 79.9. The van der Waals surface area contributed by atoms with Gasteiger partial charge in [-0.2, -0.15) is 0 Å². The van der Waals surface area contributed by atoms with E-state index in [0.29, 0.717) is 0 Å². The van der Waals surface area contributed by atoms with Crippen LogP contribution >= 0.6 is 15.9 Å². The molecule has 1 unspecified atom stereocenters. The van der Waals surface area contributed by atoms with E-state index in [1.54, 1.807) is 25.1 Å². The number of hydrogen-bond acceptors (Lipinski definition) is 4. The van der Waals surface area contributed by atoms with Crippen molar-refractivity contribution in [2.24, 2.45) is 0 Å². The van der Waals surface area contributed by atoms with Gasteiger partial charge in [-0.15, -0.1) is 0 Å². The number of halogens is 2. The molecule has 3 aromatic carbocycles. The van der Waals surface area contributed by atoms with Crippen LogP contribution in [-0.2, 0) is 26.2 Å². The molecule has 0 saturated carbocycles. The number of hydrogen-bond donors (Lipinski definition) is 1. The number of anilines is 1. The number of amides is 2. The molecule has 0 aliphatic carbocycles. The van der Waals surface area contributed by atoms with Crippen LogP contribution in [0.4, 0.5) is 10.1 Å². The van der Waals surface area contributed by atoms with Gasteiger partial charge in [-0.3, -0.25) is 13.9 Å². The predicted octanol–water partition coefficient (Wildman–Crippen LogP) is 4.73. The van der Waals surface area contributed by atoms with Crippen molar-refractivity contribution in [2.75, 3.05) is 10.8 Å². The third kappa shape index (κ3) is 7.39. The molecule has 1 atom stereocenters. The van der Waals surface area contributed by atoms with E-state index in [2.05, 4.69) is 21.2 Å². The lowest BCUT2D eigenvalue weighted by atomic mass is 10.1. The van der Waals surface area contributed by atoms with Gasteiger partial charge in [0.1, 0.15) is 18.4 Å². The summed E-state index contributed by atoms with van der Waals surface area (Å²) in [5, 5.41) is 2.81. The van der Waals surface area contributed by atoms with Gasteiger partial charge in [0.2, 0.25) is 11.8 Å². The number of sulfonamides is 1. The number of carbonyl (C=O) groups is 2. The maximum atomic E-state index is 13.7. The van der Waals surface area contributed by atoms with Crippen molar-refractivity contribution in [3.05, 3.63) is 94.7 Å². The van der Waals surface area contributed by atoms with Gasteiger partial charge in [-0.1, -0.05) is 46.3 Å². The average molecular weight is 591 g/mol. The lowest BCUT2D eigenvalue weighted by molar-refractivity contribution is -0.139. The van der Waals surface area contributed by atoms with Gasteiger partial charge in [-0.25, -0.2) is 12.8 Å². The number of nitrogens with one attached hydrogen (secondary N) is 1. The number of nitrogens with zero attached hydrogens (tertiary/aromatic N) is 2. The SMILES string of the molecule is CC(C)NC(=O)C(C)N(Cc1ccc(Br)cc1)C(=O)CN(c1ccc(F)cc1)S(=O)(=O)c1ccccc1. The van der Waals surface area contributed by atoms with E-state index in [4.69, 9.17) is 0 Å². The highest BCUT2D eigenvalue weighted by Gasteiger charge is 2.32. The zero-order valence-corrected chi connectivity index (χ0v) is 23.2. The van der Waals surface area contributed by atoms with Crippen LogP contribution in [0, 0.1) is 5.82 Å². The van der Waals surface area contributed by atoms with Crippen LogP contribution in [0.25, 0.3) is 0 Å². The van der Waals surface area contributed by atoms with Crippen molar-refractivity contribution >= 4 is 43.5 Å². The Hall–Kier alpha value is -3.24. The quantitative estimate of drug-likeness (QED) is 0.370. The van der Waals surface area contributed by atoms with Crippen molar-refractivity contribution in [1.29, 1.82) is 0 Å². The summed E-state index contributed by atoms with van der Waals surface area (Å²) in [7, 11) is -4.18. The minimum absolute atomic E-state index is 0.0165. The molecule has 0 heterocycles. The zero-order valence-electron chi connectivity index (χ0n) is 20.8. The fraction of sp³-hybridized carbons (Fsp3) is 0.259. The van der Waals surface area contributed by atoms with Crippen molar-refractivity contribution in [2.45, 2.75) is 44.3 Å². The second-order valence-electron chi connectivity index (χ2n) is 8.79. The van der Waals surface area contributed by atoms with Gasteiger partial charge in [0, 0.05) is 17.1 Å². The first-order chi connectivity index (χ1) is 17.5. The fourth-order valence-corrected chi connectivity index (χ4v) is 5.33. The molecular formula is C27H29BrFN3O4S. The third-order valence-corrected chi connectivity index (χ3v) is 7.91. The molecular weight excluding hydrogens is 561 g/mol. The van der Waals surface area contributed by atoms with Crippen LogP contribution in [0.3, 0.4) is 0 Å². The first kappa shape index (κ1) is 28.3. The Balaban J connectivity index is 2.00. The van der Waals surface area contributed by atoms with Crippen LogP contribution in [0.5, 0.6) is 0 Å². The van der Waals surface area contributed by atoms with E-state index in [1.165, 1.54) is 29.2 Å². The molecule has 2 amide bonds. The maximum absolute atomic E-state index is 13.7. The Morgan fingerprint density at radius 3 is 2.08 bits per heavy atom. The Kier molecular flexibility index (Phi) is 9.45. The average Bonchev–Trinajstić information content (AvgIpc) is 2.87. The standard InChI is InChI=1S/C27H29BrFN3O4S/c1-19(2)30-27(34)20(3)31(17-21-9-11-22(28)12-10-21)26(33)18-32(24-15-13-23(29)14-16-24)37(35,36)25-7-5-4-6-8-25/h4-16,19-20H,17-18H2,1-3H3,(H,30,34). The summed E-state index contributed by atoms with van der Waals surface area (Å²) in [6.07, 6.45) is 0. The summed E-state index contributed by atoms with van der Waals surface area (Å²) in [6.45, 7) is 4.73. The molecule has 0 bridgehead atoms. The Morgan fingerprint density at radius 2 is 1.51 bits per heavy atom. The molecule has 10 heteroatoms. The first-order valence-electron chi connectivity index (χ1n) is 11.7. The number of rotatable bonds is 10. The van der Waals surface area contributed by atoms with Gasteiger partial charge in [-0.05, 0) is 74.9 Å². The second kappa shape index (κ2) is 12.3. The maximum Gasteiger partial charge on any atom is 0.264 e. The molecule has 196 valence electrons. The topological polar surface area (TPSA) is 86.8 Å². The smallest absolute Gasteiger partial charge is 0.264 e. The van der Waals surface area contributed by atoms with Crippen molar-refractivity contribution < 1.29 is 22.4 Å². The van der Waals surface area contributed by atoms with Crippen LogP contribution in [0.15, 0.2) is 88.2 Å². The summed E-state index contributed by atoms with van der Waals surface area (Å²) in [6, 6.07) is 18.8. The van der Waals surface area contributed by atoms with Gasteiger partial charge in [0.05, 0.1) is 10.6 Å². The predicted molar refractivity (Wildman–Crippen MR) is 145 cm³/mol. The number of carbonyl (C=O) groups excluding carboxylic acids is 2. The molecule has 0 aliphatic rings. The van der Waals surface area contributed by atoms with Gasteiger partial charge in [0.15, 0.2) is 0 Å². The molecule has 3 rings (SSSR count). The lowest BCUT2D eigenvalue weighted by Gasteiger charge is -2.32. The first-order valence-corrected chi connectivity index (χ1v) is 13.9. The molecule has 0 spiro atoms. The normalized spacial score (nSPS) is 12.2. The van der Waals surface area contributed by atoms with E-state index in [9.17, 15) is 22.4 Å². The van der Waals surface area contributed by atoms with Crippen LogP contribution in [0.2, 0.25) is 0 Å². The van der Waals surface area contributed by atoms with E-state index >= 15 is 0 Å². The molecule has 0 saturated heterocycles. The Bertz CT molecular complexity index is 1320. The van der Waals surface area contributed by atoms with Crippen molar-refractivity contribution in [1.82, 2.24) is 10.2 Å². The highest BCUT2D eigenvalue weighted by Crippen LogP contribution is 2.25. The van der Waals surface area contributed by atoms with E-state index in [1.807, 2.05) is 38.1 Å². The third-order valence-electron chi connectivity index (χ3n) is 5.59. The lowest BCUT2D eigenvalue weighted by Crippen LogP contribution is -2.52. The molecule has 0 aliphatic heterocycles. The minimum Gasteiger partial charge on any atom is -0.352 e. The van der Waals surface area contributed by atoms with Crippen LogP contribution < -0.4 is 9.62 Å². The summed E-state index contributed by atoms with van der Waals surface area (Å²) in [4.78, 5) is 27.9. The Labute approximate surface area is 225 Å². The summed E-state index contributed by atoms with van der Waals surface area (Å²) >= 11 is 3.38. The molecule has 3 aromatic rings. The van der Waals surface area contributed by atoms with Crippen LogP contribution in [0.1, 0.15) is 26.3 Å². The summed E-state index contributed by atoms with van der Waals surface area (Å²) in [5.41, 5.74) is 0.890. The zero-order chi connectivity index (χ0) is 27.2. The van der Waals surface area contributed by atoms with Crippen LogP contribution in [-0.4, -0.2) is 43.8 Å². The number of benzene rings is 3. The summed E-state index contributed by atoms with van der Waals surface area (Å²) < 4.78 is 42.6. The van der Waals surface area contributed by atoms with E-state index in [-0.39, 0.29) is 29.1 Å². The molecule has 1 N–H and O–H groups in total. The molecule has 0 aromatic heterocycles. The largest absolute Gasteiger partial charge is 0.352 e. The minimum atomic E-state index is -4.18. The molecule has 37 heavy (non-hydrogen) atoms. The van der Waals surface area contributed by atoms with Gasteiger partial charge < -0.3 is 10.2 Å². The highest BCUT2D eigenvalue weighted by molar-refractivity contribution is 9.10. The van der Waals surface area contributed by atoms with Gasteiger partial charge >= 0.3 is 0 Å². The van der Waals surface area contributed by atoms with Crippen molar-refractivity contribution in [3.63, 3.8) is 0 Å². The van der Waals surface area contributed by atoms with E-state index < -0.39 is 34.3 Å². The Morgan fingerprint density at radius 1 is 0.919 bits per heavy atom. The van der Waals surface area contributed by atoms with Crippen molar-refractivity contribution in [3.8, 4) is 0 Å². The summed E-state index contributed by atoms with van der Waals surface area (Å²) in [5.74, 6) is -1.49. The molecule has 0 fully saturated rings. The van der Waals surface area contributed by atoms with E-state index in [0.717, 1.165) is 26.5 Å². The monoisotopic (exact) mass is 589 g/mol. The molecule has 0 radical (unpaired) electrons. The fourth-order valence-electron chi connectivity index (χ4n) is 3.63. The second-order valence-corrected chi connectivity index (χ2v) is 11.6.